The molecule has 12 heteroatoms. The minimum absolute atomic E-state index is 0.0334. The van der Waals surface area contributed by atoms with Gasteiger partial charge < -0.3 is 15.5 Å². The van der Waals surface area contributed by atoms with E-state index >= 15 is 0 Å². The molecule has 1 aromatic heterocycles. The molecule has 1 heterocycles. The Kier molecular flexibility index (Phi) is 6.09. The predicted octanol–water partition coefficient (Wildman–Crippen LogP) is 2.33. The van der Waals surface area contributed by atoms with Crippen molar-refractivity contribution in [3.05, 3.63) is 80.7 Å². The van der Waals surface area contributed by atoms with Crippen molar-refractivity contribution < 1.29 is 19.6 Å². The number of nitro groups is 2. The molecule has 0 aliphatic rings. The SMILES string of the molecule is NC(=NO)c1ccccc1[N+](=O)[O-].O=[N+]([O-])c1ccccc1-c1ncon1. The van der Waals surface area contributed by atoms with E-state index < -0.39 is 9.85 Å². The fourth-order valence-electron chi connectivity index (χ4n) is 2.01. The molecule has 0 aliphatic heterocycles. The second-order valence-electron chi connectivity index (χ2n) is 4.79. The summed E-state index contributed by atoms with van der Waals surface area (Å²) in [6, 6.07) is 12.0. The zero-order valence-electron chi connectivity index (χ0n) is 13.5. The van der Waals surface area contributed by atoms with Crippen molar-refractivity contribution in [2.45, 2.75) is 0 Å². The molecule has 27 heavy (non-hydrogen) atoms. The van der Waals surface area contributed by atoms with Crippen molar-refractivity contribution in [2.24, 2.45) is 10.9 Å². The average molecular weight is 372 g/mol. The van der Waals surface area contributed by atoms with E-state index in [2.05, 4.69) is 19.8 Å². The van der Waals surface area contributed by atoms with Gasteiger partial charge in [0.2, 0.25) is 12.2 Å². The number of nitro benzene ring substituents is 2. The number of hydrogen-bond acceptors (Lipinski definition) is 9. The number of rotatable bonds is 4. The summed E-state index contributed by atoms with van der Waals surface area (Å²) in [6.07, 6.45) is 1.13. The third-order valence-electron chi connectivity index (χ3n) is 3.19. The van der Waals surface area contributed by atoms with Crippen LogP contribution < -0.4 is 5.73 Å². The largest absolute Gasteiger partial charge is 0.409 e. The lowest BCUT2D eigenvalue weighted by atomic mass is 10.1. The van der Waals surface area contributed by atoms with Crippen LogP contribution in [-0.2, 0) is 0 Å². The number of hydrogen-bond donors (Lipinski definition) is 2. The Morgan fingerprint density at radius 2 is 1.63 bits per heavy atom. The lowest BCUT2D eigenvalue weighted by Crippen LogP contribution is -2.14. The summed E-state index contributed by atoms with van der Waals surface area (Å²) in [4.78, 5) is 23.8. The van der Waals surface area contributed by atoms with Gasteiger partial charge in [0.05, 0.1) is 15.4 Å². The maximum Gasteiger partial charge on any atom is 0.280 e. The summed E-state index contributed by atoms with van der Waals surface area (Å²) in [5.41, 5.74) is 5.47. The number of oxime groups is 1. The van der Waals surface area contributed by atoms with Crippen LogP contribution in [0.5, 0.6) is 0 Å². The first-order valence-corrected chi connectivity index (χ1v) is 7.17. The molecule has 0 aliphatic carbocycles. The second-order valence-corrected chi connectivity index (χ2v) is 4.79. The van der Waals surface area contributed by atoms with Gasteiger partial charge in [0.25, 0.3) is 11.4 Å². The molecule has 0 spiro atoms. The molecular formula is C15H12N6O6. The minimum atomic E-state index is -0.590. The summed E-state index contributed by atoms with van der Waals surface area (Å²) in [5, 5.41) is 35.7. The number of amidine groups is 1. The summed E-state index contributed by atoms with van der Waals surface area (Å²) < 4.78 is 4.52. The highest BCUT2D eigenvalue weighted by atomic mass is 16.6. The summed E-state index contributed by atoms with van der Waals surface area (Å²) in [6.45, 7) is 0. The molecule has 0 atom stereocenters. The van der Waals surface area contributed by atoms with Crippen LogP contribution >= 0.6 is 0 Å². The first-order chi connectivity index (χ1) is 13.0. The van der Waals surface area contributed by atoms with Gasteiger partial charge >= 0.3 is 0 Å². The van der Waals surface area contributed by atoms with Crippen molar-refractivity contribution in [1.29, 1.82) is 0 Å². The van der Waals surface area contributed by atoms with Gasteiger partial charge in [-0.05, 0) is 12.1 Å². The Hall–Kier alpha value is -4.35. The van der Waals surface area contributed by atoms with E-state index in [1.165, 1.54) is 24.3 Å². The monoisotopic (exact) mass is 372 g/mol. The minimum Gasteiger partial charge on any atom is -0.409 e. The Bertz CT molecular complexity index is 972. The number of aromatic nitrogens is 2. The summed E-state index contributed by atoms with van der Waals surface area (Å²) in [5.74, 6) is -0.0513. The highest BCUT2D eigenvalue weighted by molar-refractivity contribution is 6.00. The van der Waals surface area contributed by atoms with Crippen LogP contribution in [-0.4, -0.2) is 31.0 Å². The molecule has 0 amide bonds. The fourth-order valence-corrected chi connectivity index (χ4v) is 2.01. The first kappa shape index (κ1) is 19.0. The van der Waals surface area contributed by atoms with Gasteiger partial charge in [0, 0.05) is 12.1 Å². The maximum atomic E-state index is 10.6. The van der Waals surface area contributed by atoms with Crippen molar-refractivity contribution in [3.8, 4) is 11.4 Å². The van der Waals surface area contributed by atoms with Crippen molar-refractivity contribution in [2.75, 3.05) is 0 Å². The molecule has 138 valence electrons. The zero-order valence-corrected chi connectivity index (χ0v) is 13.5. The van der Waals surface area contributed by atoms with E-state index in [-0.39, 0.29) is 28.6 Å². The standard InChI is InChI=1S/C8H5N3O3.C7H7N3O3/c12-11(13)7-4-2-1-3-6(7)8-9-5-14-10-8;8-7(9-11)5-3-1-2-4-6(5)10(12)13/h1-5H;1-4,11H,(H2,8,9). The molecule has 3 N–H and O–H groups in total. The van der Waals surface area contributed by atoms with E-state index in [1.807, 2.05) is 0 Å². The summed E-state index contributed by atoms with van der Waals surface area (Å²) in [7, 11) is 0. The van der Waals surface area contributed by atoms with Crippen LogP contribution in [0, 0.1) is 20.2 Å². The van der Waals surface area contributed by atoms with E-state index in [0.717, 1.165) is 6.39 Å². The van der Waals surface area contributed by atoms with Gasteiger partial charge in [-0.15, -0.1) is 0 Å². The normalized spacial score (nSPS) is 10.6. The van der Waals surface area contributed by atoms with Crippen LogP contribution in [0.4, 0.5) is 11.4 Å². The Labute approximate surface area is 150 Å². The molecule has 12 nitrogen and oxygen atoms in total. The highest BCUT2D eigenvalue weighted by Crippen LogP contribution is 2.26. The fraction of sp³-hybridized carbons (Fsp3) is 0. The van der Waals surface area contributed by atoms with E-state index in [0.29, 0.717) is 5.56 Å². The Morgan fingerprint density at radius 1 is 1.04 bits per heavy atom. The molecule has 2 aromatic carbocycles. The molecule has 3 aromatic rings. The van der Waals surface area contributed by atoms with Gasteiger partial charge in [-0.2, -0.15) is 4.98 Å². The van der Waals surface area contributed by atoms with Gasteiger partial charge in [0.15, 0.2) is 5.84 Å². The van der Waals surface area contributed by atoms with Gasteiger partial charge in [-0.1, -0.05) is 34.6 Å². The predicted molar refractivity (Wildman–Crippen MR) is 92.0 cm³/mol. The van der Waals surface area contributed by atoms with Gasteiger partial charge in [0.1, 0.15) is 5.56 Å². The molecule has 0 radical (unpaired) electrons. The zero-order chi connectivity index (χ0) is 19.8. The number of benzene rings is 2. The Morgan fingerprint density at radius 3 is 2.19 bits per heavy atom. The van der Waals surface area contributed by atoms with Crippen LogP contribution in [0.1, 0.15) is 5.56 Å². The third-order valence-corrected chi connectivity index (χ3v) is 3.19. The lowest BCUT2D eigenvalue weighted by molar-refractivity contribution is -0.385. The lowest BCUT2D eigenvalue weighted by Gasteiger charge is -1.98. The van der Waals surface area contributed by atoms with E-state index in [1.54, 1.807) is 24.3 Å². The summed E-state index contributed by atoms with van der Waals surface area (Å²) >= 11 is 0. The molecule has 0 saturated carbocycles. The van der Waals surface area contributed by atoms with Crippen molar-refractivity contribution in [1.82, 2.24) is 10.1 Å². The average Bonchev–Trinajstić information content (AvgIpc) is 3.22. The highest BCUT2D eigenvalue weighted by Gasteiger charge is 2.17. The number of nitrogens with zero attached hydrogens (tertiary/aromatic N) is 5. The topological polar surface area (TPSA) is 184 Å². The Balaban J connectivity index is 0.000000194. The molecule has 0 unspecified atom stereocenters. The maximum absolute atomic E-state index is 10.6. The van der Waals surface area contributed by atoms with Crippen LogP contribution in [0.3, 0.4) is 0 Å². The van der Waals surface area contributed by atoms with Crippen LogP contribution in [0.15, 0.2) is 64.6 Å². The molecular weight excluding hydrogens is 360 g/mol. The molecule has 0 bridgehead atoms. The quantitative estimate of drug-likeness (QED) is 0.228. The number of para-hydroxylation sites is 2. The van der Waals surface area contributed by atoms with Crippen molar-refractivity contribution >= 4 is 17.2 Å². The molecule has 3 rings (SSSR count). The first-order valence-electron chi connectivity index (χ1n) is 7.17. The van der Waals surface area contributed by atoms with Crippen molar-refractivity contribution in [3.63, 3.8) is 0 Å². The molecule has 0 fully saturated rings. The van der Waals surface area contributed by atoms with Gasteiger partial charge in [-0.25, -0.2) is 0 Å². The number of nitrogens with two attached hydrogens (primary N) is 1. The third kappa shape index (κ3) is 4.60. The van der Waals surface area contributed by atoms with Crippen LogP contribution in [0.2, 0.25) is 0 Å². The molecule has 0 saturated heterocycles. The smallest absolute Gasteiger partial charge is 0.280 e. The van der Waals surface area contributed by atoms with Crippen LogP contribution in [0.25, 0.3) is 11.4 Å². The second kappa shape index (κ2) is 8.66. The van der Waals surface area contributed by atoms with Gasteiger partial charge in [-0.3, -0.25) is 20.2 Å². The van der Waals surface area contributed by atoms with E-state index in [9.17, 15) is 20.2 Å². The van der Waals surface area contributed by atoms with E-state index in [4.69, 9.17) is 10.9 Å².